The summed E-state index contributed by atoms with van der Waals surface area (Å²) >= 11 is 0. The van der Waals surface area contributed by atoms with Gasteiger partial charge in [-0.1, -0.05) is 0 Å². The van der Waals surface area contributed by atoms with Gasteiger partial charge in [-0.3, -0.25) is 0 Å². The highest BCUT2D eigenvalue weighted by atomic mass is 16.5. The van der Waals surface area contributed by atoms with Crippen molar-refractivity contribution in [1.29, 1.82) is 0 Å². The average Bonchev–Trinajstić information content (AvgIpc) is 2.14. The van der Waals surface area contributed by atoms with Gasteiger partial charge in [0.05, 0.1) is 6.10 Å². The maximum atomic E-state index is 9.03. The molecule has 1 aliphatic rings. The highest BCUT2D eigenvalue weighted by Gasteiger charge is 2.12. The van der Waals surface area contributed by atoms with Crippen molar-refractivity contribution >= 4 is 0 Å². The predicted octanol–water partition coefficient (Wildman–Crippen LogP) is 0.773. The van der Waals surface area contributed by atoms with Crippen LogP contribution in [-0.4, -0.2) is 37.5 Å². The molecule has 1 unspecified atom stereocenters. The summed E-state index contributed by atoms with van der Waals surface area (Å²) in [4.78, 5) is 0. The van der Waals surface area contributed by atoms with E-state index in [0.29, 0.717) is 0 Å². The quantitative estimate of drug-likeness (QED) is 0.625. The summed E-state index contributed by atoms with van der Waals surface area (Å²) in [7, 11) is 0. The largest absolute Gasteiger partial charge is 0.393 e. The van der Waals surface area contributed by atoms with E-state index in [1.165, 1.54) is 12.8 Å². The molecule has 1 saturated heterocycles. The predicted molar refractivity (Wildman–Crippen MR) is 52.7 cm³/mol. The van der Waals surface area contributed by atoms with Crippen LogP contribution in [0.25, 0.3) is 0 Å². The Morgan fingerprint density at radius 3 is 2.77 bits per heavy atom. The summed E-state index contributed by atoms with van der Waals surface area (Å²) in [6.07, 6.45) is 3.04. The van der Waals surface area contributed by atoms with Gasteiger partial charge in [0.25, 0.3) is 0 Å². The van der Waals surface area contributed by atoms with Crippen LogP contribution < -0.4 is 5.32 Å². The monoisotopic (exact) mass is 187 g/mol. The van der Waals surface area contributed by atoms with Gasteiger partial charge in [0.2, 0.25) is 0 Å². The summed E-state index contributed by atoms with van der Waals surface area (Å²) in [5.74, 6) is 0.780. The van der Waals surface area contributed by atoms with Crippen molar-refractivity contribution in [3.63, 3.8) is 0 Å². The second-order valence-corrected chi connectivity index (χ2v) is 3.90. The van der Waals surface area contributed by atoms with E-state index < -0.39 is 0 Å². The molecular weight excluding hydrogens is 166 g/mol. The van der Waals surface area contributed by atoms with E-state index in [1.807, 2.05) is 6.92 Å². The van der Waals surface area contributed by atoms with Crippen molar-refractivity contribution in [3.8, 4) is 0 Å². The molecule has 13 heavy (non-hydrogen) atoms. The zero-order valence-corrected chi connectivity index (χ0v) is 8.46. The molecule has 0 spiro atoms. The van der Waals surface area contributed by atoms with Crippen LogP contribution in [0.5, 0.6) is 0 Å². The third-order valence-corrected chi connectivity index (χ3v) is 2.51. The zero-order valence-electron chi connectivity index (χ0n) is 8.46. The molecule has 1 fully saturated rings. The number of aliphatic hydroxyl groups excluding tert-OH is 1. The Balaban J connectivity index is 1.92. The second kappa shape index (κ2) is 6.35. The summed E-state index contributed by atoms with van der Waals surface area (Å²) in [5.41, 5.74) is 0. The van der Waals surface area contributed by atoms with E-state index in [0.717, 1.165) is 38.6 Å². The first-order chi connectivity index (χ1) is 6.29. The molecule has 1 atom stereocenters. The Labute approximate surface area is 80.5 Å². The van der Waals surface area contributed by atoms with Gasteiger partial charge >= 0.3 is 0 Å². The Bertz CT molecular complexity index is 122. The number of hydrogen-bond donors (Lipinski definition) is 2. The minimum atomic E-state index is -0.179. The van der Waals surface area contributed by atoms with E-state index in [1.54, 1.807) is 0 Å². The number of ether oxygens (including phenoxy) is 1. The first kappa shape index (κ1) is 11.0. The highest BCUT2D eigenvalue weighted by molar-refractivity contribution is 4.66. The van der Waals surface area contributed by atoms with E-state index in [9.17, 15) is 0 Å². The molecule has 0 saturated carbocycles. The fourth-order valence-electron chi connectivity index (χ4n) is 1.57. The first-order valence-electron chi connectivity index (χ1n) is 5.25. The molecule has 2 N–H and O–H groups in total. The number of aliphatic hydroxyl groups is 1. The molecular formula is C10H21NO2. The van der Waals surface area contributed by atoms with Crippen LogP contribution in [0, 0.1) is 5.92 Å². The standard InChI is InChI=1S/C10H21NO2/c1-9(12)2-5-11-8-10-3-6-13-7-4-10/h9-12H,2-8H2,1H3. The average molecular weight is 187 g/mol. The summed E-state index contributed by atoms with van der Waals surface area (Å²) in [5, 5.41) is 12.4. The fourth-order valence-corrected chi connectivity index (χ4v) is 1.57. The van der Waals surface area contributed by atoms with Gasteiger partial charge in [-0.25, -0.2) is 0 Å². The van der Waals surface area contributed by atoms with Gasteiger partial charge < -0.3 is 15.2 Å². The number of nitrogens with one attached hydrogen (secondary N) is 1. The molecule has 0 aromatic carbocycles. The minimum absolute atomic E-state index is 0.179. The topological polar surface area (TPSA) is 41.5 Å². The Hall–Kier alpha value is -0.120. The third kappa shape index (κ3) is 5.24. The molecule has 3 heteroatoms. The van der Waals surface area contributed by atoms with Crippen molar-refractivity contribution in [2.45, 2.75) is 32.3 Å². The third-order valence-electron chi connectivity index (χ3n) is 2.51. The summed E-state index contributed by atoms with van der Waals surface area (Å²) < 4.78 is 5.28. The van der Waals surface area contributed by atoms with E-state index >= 15 is 0 Å². The maximum Gasteiger partial charge on any atom is 0.0524 e. The molecule has 0 bridgehead atoms. The normalized spacial score (nSPS) is 21.7. The SMILES string of the molecule is CC(O)CCNCC1CCOCC1. The minimum Gasteiger partial charge on any atom is -0.393 e. The Kier molecular flexibility index (Phi) is 5.35. The molecule has 1 rings (SSSR count). The van der Waals surface area contributed by atoms with Gasteiger partial charge in [-0.15, -0.1) is 0 Å². The number of hydrogen-bond acceptors (Lipinski definition) is 3. The van der Waals surface area contributed by atoms with Crippen LogP contribution in [0.15, 0.2) is 0 Å². The molecule has 0 aliphatic carbocycles. The lowest BCUT2D eigenvalue weighted by atomic mass is 10.0. The van der Waals surface area contributed by atoms with Gasteiger partial charge in [0.1, 0.15) is 0 Å². The van der Waals surface area contributed by atoms with Crippen LogP contribution >= 0.6 is 0 Å². The molecule has 0 aromatic rings. The van der Waals surface area contributed by atoms with Crippen LogP contribution in [0.2, 0.25) is 0 Å². The van der Waals surface area contributed by atoms with Crippen LogP contribution in [0.4, 0.5) is 0 Å². The Morgan fingerprint density at radius 2 is 2.15 bits per heavy atom. The van der Waals surface area contributed by atoms with Crippen molar-refractivity contribution in [2.24, 2.45) is 5.92 Å². The lowest BCUT2D eigenvalue weighted by Gasteiger charge is -2.22. The van der Waals surface area contributed by atoms with Gasteiger partial charge in [0.15, 0.2) is 0 Å². The smallest absolute Gasteiger partial charge is 0.0524 e. The molecule has 1 heterocycles. The second-order valence-electron chi connectivity index (χ2n) is 3.90. The molecule has 3 nitrogen and oxygen atoms in total. The van der Waals surface area contributed by atoms with Crippen LogP contribution in [0.1, 0.15) is 26.2 Å². The molecule has 0 aromatic heterocycles. The summed E-state index contributed by atoms with van der Waals surface area (Å²) in [6.45, 7) is 5.67. The molecule has 1 aliphatic heterocycles. The van der Waals surface area contributed by atoms with Gasteiger partial charge in [0, 0.05) is 13.2 Å². The van der Waals surface area contributed by atoms with Crippen LogP contribution in [-0.2, 0) is 4.74 Å². The van der Waals surface area contributed by atoms with E-state index in [-0.39, 0.29) is 6.10 Å². The van der Waals surface area contributed by atoms with E-state index in [2.05, 4.69) is 5.32 Å². The fraction of sp³-hybridized carbons (Fsp3) is 1.00. The summed E-state index contributed by atoms with van der Waals surface area (Å²) in [6, 6.07) is 0. The van der Waals surface area contributed by atoms with Crippen molar-refractivity contribution in [2.75, 3.05) is 26.3 Å². The van der Waals surface area contributed by atoms with Crippen molar-refractivity contribution < 1.29 is 9.84 Å². The lowest BCUT2D eigenvalue weighted by molar-refractivity contribution is 0.0660. The number of rotatable bonds is 5. The van der Waals surface area contributed by atoms with Crippen LogP contribution in [0.3, 0.4) is 0 Å². The van der Waals surface area contributed by atoms with Gasteiger partial charge in [-0.2, -0.15) is 0 Å². The highest BCUT2D eigenvalue weighted by Crippen LogP contribution is 2.12. The lowest BCUT2D eigenvalue weighted by Crippen LogP contribution is -2.29. The Morgan fingerprint density at radius 1 is 1.46 bits per heavy atom. The molecule has 78 valence electrons. The van der Waals surface area contributed by atoms with Crippen molar-refractivity contribution in [1.82, 2.24) is 5.32 Å². The zero-order chi connectivity index (χ0) is 9.52. The van der Waals surface area contributed by atoms with Crippen molar-refractivity contribution in [3.05, 3.63) is 0 Å². The first-order valence-corrected chi connectivity index (χ1v) is 5.25. The van der Waals surface area contributed by atoms with E-state index in [4.69, 9.17) is 9.84 Å². The molecule has 0 radical (unpaired) electrons. The van der Waals surface area contributed by atoms with Gasteiger partial charge in [-0.05, 0) is 45.2 Å². The maximum absolute atomic E-state index is 9.03. The molecule has 0 amide bonds.